The van der Waals surface area contributed by atoms with Crippen molar-refractivity contribution in [3.8, 4) is 0 Å². The summed E-state index contributed by atoms with van der Waals surface area (Å²) < 4.78 is 19.9. The van der Waals surface area contributed by atoms with Crippen molar-refractivity contribution in [2.75, 3.05) is 6.61 Å². The summed E-state index contributed by atoms with van der Waals surface area (Å²) in [5, 5.41) is 14.1. The van der Waals surface area contributed by atoms with Crippen molar-refractivity contribution >= 4 is 30.8 Å². The summed E-state index contributed by atoms with van der Waals surface area (Å²) in [6, 6.07) is 20.8. The molecule has 3 rings (SSSR count). The van der Waals surface area contributed by atoms with Crippen LogP contribution in [0.25, 0.3) is 0 Å². The van der Waals surface area contributed by atoms with Gasteiger partial charge < -0.3 is 19.2 Å². The summed E-state index contributed by atoms with van der Waals surface area (Å²) in [5.74, 6) is -0.171. The fourth-order valence-corrected chi connectivity index (χ4v) is 10.3. The molecule has 258 valence electrons. The van der Waals surface area contributed by atoms with E-state index in [0.29, 0.717) is 38.1 Å². The van der Waals surface area contributed by atoms with Crippen molar-refractivity contribution in [2.45, 2.75) is 130 Å². The van der Waals surface area contributed by atoms with Gasteiger partial charge in [-0.25, -0.2) is 4.79 Å². The number of rotatable bonds is 15. The van der Waals surface area contributed by atoms with Crippen molar-refractivity contribution in [3.63, 3.8) is 0 Å². The number of carbonyl (C=O) groups is 2. The number of carbonyl (C=O) groups excluding carboxylic acids is 2. The van der Waals surface area contributed by atoms with E-state index < -0.39 is 31.7 Å². The first-order valence-electron chi connectivity index (χ1n) is 16.9. The summed E-state index contributed by atoms with van der Waals surface area (Å²) >= 11 is 0. The minimum Gasteiger partial charge on any atom is -0.460 e. The fraction of sp³-hybridized carbons (Fsp3) is 0.568. The molecular formula is C37H56N4O5Si. The van der Waals surface area contributed by atoms with E-state index in [0.717, 1.165) is 19.3 Å². The molecule has 0 saturated heterocycles. The molecule has 0 aliphatic rings. The average Bonchev–Trinajstić information content (AvgIpc) is 3.44. The molecule has 2 aromatic carbocycles. The number of esters is 1. The van der Waals surface area contributed by atoms with Gasteiger partial charge in [-0.1, -0.05) is 93.1 Å². The van der Waals surface area contributed by atoms with Crippen LogP contribution in [0.4, 0.5) is 4.79 Å². The molecule has 9 nitrogen and oxygen atoms in total. The topological polar surface area (TPSA) is 105 Å². The van der Waals surface area contributed by atoms with E-state index in [1.807, 2.05) is 59.9 Å². The third-order valence-corrected chi connectivity index (χ3v) is 12.7. The molecule has 0 bridgehead atoms. The maximum Gasteiger partial charge on any atom is 0.408 e. The van der Waals surface area contributed by atoms with Gasteiger partial charge in [0.05, 0.1) is 12.2 Å². The van der Waals surface area contributed by atoms with E-state index in [9.17, 15) is 9.59 Å². The van der Waals surface area contributed by atoms with Crippen LogP contribution in [0.15, 0.2) is 66.9 Å². The van der Waals surface area contributed by atoms with Crippen molar-refractivity contribution in [1.82, 2.24) is 20.3 Å². The van der Waals surface area contributed by atoms with Crippen LogP contribution >= 0.6 is 0 Å². The Morgan fingerprint density at radius 1 is 0.787 bits per heavy atom. The third kappa shape index (κ3) is 11.9. The van der Waals surface area contributed by atoms with Crippen molar-refractivity contribution in [1.29, 1.82) is 0 Å². The second-order valence-electron chi connectivity index (χ2n) is 15.2. The number of benzene rings is 2. The summed E-state index contributed by atoms with van der Waals surface area (Å²) in [7, 11) is -2.67. The summed E-state index contributed by atoms with van der Waals surface area (Å²) in [6.07, 6.45) is 5.57. The van der Waals surface area contributed by atoms with E-state index in [-0.39, 0.29) is 11.0 Å². The lowest BCUT2D eigenvalue weighted by molar-refractivity contribution is -0.154. The molecule has 0 saturated carbocycles. The molecule has 0 aliphatic heterocycles. The van der Waals surface area contributed by atoms with E-state index in [1.54, 1.807) is 4.68 Å². The molecule has 0 aliphatic carbocycles. The lowest BCUT2D eigenvalue weighted by Crippen LogP contribution is -2.66. The second kappa shape index (κ2) is 16.5. The lowest BCUT2D eigenvalue weighted by atomic mass is 10.1. The van der Waals surface area contributed by atoms with Crippen molar-refractivity contribution in [2.24, 2.45) is 0 Å². The normalized spacial score (nSPS) is 13.2. The van der Waals surface area contributed by atoms with Crippen LogP contribution in [0.3, 0.4) is 0 Å². The van der Waals surface area contributed by atoms with Gasteiger partial charge in [-0.2, -0.15) is 0 Å². The van der Waals surface area contributed by atoms with Gasteiger partial charge in [-0.3, -0.25) is 9.48 Å². The predicted molar refractivity (Wildman–Crippen MR) is 189 cm³/mol. The first-order chi connectivity index (χ1) is 22.0. The molecule has 1 heterocycles. The molecule has 10 heteroatoms. The van der Waals surface area contributed by atoms with E-state index in [1.165, 1.54) is 10.4 Å². The molecule has 1 atom stereocenters. The highest BCUT2D eigenvalue weighted by atomic mass is 28.4. The average molecular weight is 665 g/mol. The first-order valence-corrected chi connectivity index (χ1v) is 18.8. The number of aryl methyl sites for hydroxylation is 1. The zero-order valence-corrected chi connectivity index (χ0v) is 31.0. The lowest BCUT2D eigenvalue weighted by Gasteiger charge is -2.43. The highest BCUT2D eigenvalue weighted by Crippen LogP contribution is 2.37. The van der Waals surface area contributed by atoms with Crippen LogP contribution in [0.2, 0.25) is 5.04 Å². The molecule has 0 fully saturated rings. The minimum absolute atomic E-state index is 0.126. The molecule has 47 heavy (non-hydrogen) atoms. The largest absolute Gasteiger partial charge is 0.460 e. The molecule has 0 radical (unpaired) electrons. The summed E-state index contributed by atoms with van der Waals surface area (Å²) in [4.78, 5) is 24.9. The number of unbranched alkanes of at least 4 members (excludes halogenated alkanes) is 2. The van der Waals surface area contributed by atoms with Crippen LogP contribution in [0.5, 0.6) is 0 Å². The van der Waals surface area contributed by atoms with E-state index >= 15 is 0 Å². The Hall–Kier alpha value is -3.50. The van der Waals surface area contributed by atoms with Gasteiger partial charge in [-0.15, -0.1) is 5.10 Å². The molecule has 3 aromatic rings. The summed E-state index contributed by atoms with van der Waals surface area (Å²) in [6.45, 7) is 19.1. The van der Waals surface area contributed by atoms with Gasteiger partial charge in [0.1, 0.15) is 16.9 Å². The smallest absolute Gasteiger partial charge is 0.408 e. The minimum atomic E-state index is -2.67. The molecular weight excluding hydrogens is 609 g/mol. The van der Waals surface area contributed by atoms with Gasteiger partial charge in [0.15, 0.2) is 0 Å². The van der Waals surface area contributed by atoms with Gasteiger partial charge in [0.25, 0.3) is 8.32 Å². The number of ether oxygens (including phenoxy) is 2. The van der Waals surface area contributed by atoms with E-state index in [2.05, 4.69) is 84.9 Å². The summed E-state index contributed by atoms with van der Waals surface area (Å²) in [5.41, 5.74) is -0.418. The molecule has 1 amide bonds. The Morgan fingerprint density at radius 2 is 1.36 bits per heavy atom. The van der Waals surface area contributed by atoms with Crippen LogP contribution in [-0.4, -0.2) is 53.2 Å². The molecule has 0 unspecified atom stereocenters. The number of hydrogen-bond donors (Lipinski definition) is 1. The van der Waals surface area contributed by atoms with E-state index in [4.69, 9.17) is 13.9 Å². The Labute approximate surface area is 282 Å². The monoisotopic (exact) mass is 664 g/mol. The van der Waals surface area contributed by atoms with Gasteiger partial charge in [-0.05, 0) is 82.6 Å². The highest BCUT2D eigenvalue weighted by molar-refractivity contribution is 6.99. The number of aromatic nitrogens is 3. The van der Waals surface area contributed by atoms with Crippen LogP contribution in [0.1, 0.15) is 113 Å². The Morgan fingerprint density at radius 3 is 1.89 bits per heavy atom. The SMILES string of the molecule is CC(C)(C)OC(=O)CCCCCn1cc([C@H](CCCO[Si](c2ccccc2)(c2ccccc2)C(C)(C)C)NC(=O)OC(C)(C)C)nn1. The molecule has 1 N–H and O–H groups in total. The molecule has 0 spiro atoms. The first kappa shape index (κ1) is 37.9. The number of nitrogens with zero attached hydrogens (tertiary/aromatic N) is 3. The molecule has 1 aromatic heterocycles. The van der Waals surface area contributed by atoms with Crippen molar-refractivity contribution < 1.29 is 23.5 Å². The standard InChI is InChI=1S/C37H56N4O5Si/c1-35(2,3)45-33(42)25-17-12-18-26-41-28-32(39-40-41)31(38-34(43)46-36(4,5)6)24-19-27-44-47(37(7,8)9,29-20-13-10-14-21-29)30-22-15-11-16-23-30/h10-11,13-16,20-23,28,31H,12,17-19,24-27H2,1-9H3,(H,38,43)/t31-/m0/s1. The van der Waals surface area contributed by atoms with Gasteiger partial charge in [0, 0.05) is 19.6 Å². The maximum absolute atomic E-state index is 12.9. The van der Waals surface area contributed by atoms with Crippen LogP contribution in [-0.2, 0) is 25.2 Å². The number of hydrogen-bond acceptors (Lipinski definition) is 7. The van der Waals surface area contributed by atoms with Crippen LogP contribution < -0.4 is 15.7 Å². The van der Waals surface area contributed by atoms with Gasteiger partial charge >= 0.3 is 12.1 Å². The Bertz CT molecular complexity index is 1350. The predicted octanol–water partition coefficient (Wildman–Crippen LogP) is 7.10. The number of nitrogens with one attached hydrogen (secondary N) is 1. The fourth-order valence-electron chi connectivity index (χ4n) is 5.71. The second-order valence-corrected chi connectivity index (χ2v) is 19.5. The Balaban J connectivity index is 1.69. The maximum atomic E-state index is 12.9. The number of amides is 1. The van der Waals surface area contributed by atoms with Crippen molar-refractivity contribution in [3.05, 3.63) is 72.6 Å². The zero-order chi connectivity index (χ0) is 34.7. The quantitative estimate of drug-likeness (QED) is 0.105. The highest BCUT2D eigenvalue weighted by Gasteiger charge is 2.50. The zero-order valence-electron chi connectivity index (χ0n) is 30.0. The third-order valence-electron chi connectivity index (χ3n) is 7.67. The van der Waals surface area contributed by atoms with Gasteiger partial charge in [0.2, 0.25) is 0 Å². The Kier molecular flexibility index (Phi) is 13.4. The number of alkyl carbamates (subject to hydrolysis) is 1. The van der Waals surface area contributed by atoms with Crippen LogP contribution in [0, 0.1) is 0 Å².